The van der Waals surface area contributed by atoms with Crippen LogP contribution in [-0.2, 0) is 13.0 Å². The molecule has 0 saturated carbocycles. The van der Waals surface area contributed by atoms with Crippen molar-refractivity contribution in [3.63, 3.8) is 0 Å². The summed E-state index contributed by atoms with van der Waals surface area (Å²) in [5, 5.41) is 7.34. The number of aliphatic imine (C=N–C) groups is 1. The second-order valence-electron chi connectivity index (χ2n) is 6.55. The Morgan fingerprint density at radius 1 is 1.50 bits per heavy atom. The van der Waals surface area contributed by atoms with Crippen molar-refractivity contribution in [2.24, 2.45) is 22.4 Å². The van der Waals surface area contributed by atoms with Gasteiger partial charge in [-0.15, -0.1) is 24.0 Å². The number of primary amides is 1. The summed E-state index contributed by atoms with van der Waals surface area (Å²) >= 11 is 0. The van der Waals surface area contributed by atoms with E-state index in [1.165, 1.54) is 0 Å². The Labute approximate surface area is 147 Å². The largest absolute Gasteiger partial charge is 0.370 e. The van der Waals surface area contributed by atoms with Crippen molar-refractivity contribution < 1.29 is 4.79 Å². The van der Waals surface area contributed by atoms with Gasteiger partial charge in [-0.2, -0.15) is 5.10 Å². The van der Waals surface area contributed by atoms with Gasteiger partial charge in [-0.05, 0) is 39.5 Å². The molecule has 1 aliphatic rings. The number of nitrogens with one attached hydrogen (secondary N) is 1. The molecule has 1 aliphatic heterocycles. The number of aryl methyl sites for hydroxylation is 1. The van der Waals surface area contributed by atoms with Crippen LogP contribution < -0.4 is 16.8 Å². The summed E-state index contributed by atoms with van der Waals surface area (Å²) in [6, 6.07) is 0. The molecule has 124 valence electrons. The van der Waals surface area contributed by atoms with E-state index in [2.05, 4.69) is 15.4 Å². The van der Waals surface area contributed by atoms with Crippen LogP contribution >= 0.6 is 24.0 Å². The highest BCUT2D eigenvalue weighted by Gasteiger charge is 2.24. The Balaban J connectivity index is 0.00000242. The van der Waals surface area contributed by atoms with E-state index in [1.807, 2.05) is 25.5 Å². The van der Waals surface area contributed by atoms with E-state index in [0.717, 1.165) is 25.1 Å². The molecule has 0 radical (unpaired) electrons. The van der Waals surface area contributed by atoms with Gasteiger partial charge in [0, 0.05) is 18.6 Å². The lowest BCUT2D eigenvalue weighted by Crippen LogP contribution is -2.45. The summed E-state index contributed by atoms with van der Waals surface area (Å²) in [4.78, 5) is 15.8. The van der Waals surface area contributed by atoms with Crippen molar-refractivity contribution in [2.75, 3.05) is 6.54 Å². The number of amides is 1. The van der Waals surface area contributed by atoms with Gasteiger partial charge in [-0.25, -0.2) is 0 Å². The fourth-order valence-electron chi connectivity index (χ4n) is 2.51. The molecule has 22 heavy (non-hydrogen) atoms. The SMILES string of the molecule is CC(C)(C)NC(N)=NCC1CCn2ncc(C(N)=O)c2C1.I. The minimum absolute atomic E-state index is 0. The lowest BCUT2D eigenvalue weighted by Gasteiger charge is -2.24. The maximum absolute atomic E-state index is 11.4. The minimum Gasteiger partial charge on any atom is -0.370 e. The molecule has 1 unspecified atom stereocenters. The van der Waals surface area contributed by atoms with Gasteiger partial charge >= 0.3 is 0 Å². The topological polar surface area (TPSA) is 111 Å². The smallest absolute Gasteiger partial charge is 0.252 e. The number of fused-ring (bicyclic) bond motifs is 1. The second kappa shape index (κ2) is 7.30. The van der Waals surface area contributed by atoms with Crippen LogP contribution in [0.3, 0.4) is 0 Å². The highest BCUT2D eigenvalue weighted by Crippen LogP contribution is 2.23. The molecular formula is C14H25IN6O. The zero-order valence-electron chi connectivity index (χ0n) is 13.3. The zero-order valence-corrected chi connectivity index (χ0v) is 15.6. The molecule has 1 aromatic rings. The van der Waals surface area contributed by atoms with Gasteiger partial charge in [0.05, 0.1) is 17.5 Å². The fourth-order valence-corrected chi connectivity index (χ4v) is 2.51. The van der Waals surface area contributed by atoms with Crippen molar-refractivity contribution in [2.45, 2.75) is 45.7 Å². The third kappa shape index (κ3) is 4.85. The van der Waals surface area contributed by atoms with Gasteiger partial charge in [0.25, 0.3) is 5.91 Å². The number of nitrogens with two attached hydrogens (primary N) is 2. The number of aromatic nitrogens is 2. The second-order valence-corrected chi connectivity index (χ2v) is 6.55. The number of halogens is 1. The number of carbonyl (C=O) groups excluding carboxylic acids is 1. The fraction of sp³-hybridized carbons (Fsp3) is 0.643. The summed E-state index contributed by atoms with van der Waals surface area (Å²) in [6.07, 6.45) is 3.28. The lowest BCUT2D eigenvalue weighted by molar-refractivity contribution is 0.0998. The molecule has 1 atom stereocenters. The Morgan fingerprint density at radius 3 is 2.77 bits per heavy atom. The highest BCUT2D eigenvalue weighted by atomic mass is 127. The first-order chi connectivity index (χ1) is 9.76. The van der Waals surface area contributed by atoms with Gasteiger partial charge in [0.1, 0.15) is 0 Å². The quantitative estimate of drug-likeness (QED) is 0.383. The Bertz CT molecular complexity index is 560. The Kier molecular flexibility index (Phi) is 6.21. The highest BCUT2D eigenvalue weighted by molar-refractivity contribution is 14.0. The first-order valence-corrected chi connectivity index (χ1v) is 7.19. The normalized spacial score (nSPS) is 18.3. The number of rotatable bonds is 3. The van der Waals surface area contributed by atoms with E-state index in [1.54, 1.807) is 6.20 Å². The van der Waals surface area contributed by atoms with E-state index in [0.29, 0.717) is 24.0 Å². The maximum atomic E-state index is 11.4. The number of guanidine groups is 1. The van der Waals surface area contributed by atoms with E-state index < -0.39 is 5.91 Å². The number of carbonyl (C=O) groups is 1. The molecule has 2 heterocycles. The lowest BCUT2D eigenvalue weighted by atomic mass is 9.94. The minimum atomic E-state index is -0.422. The summed E-state index contributed by atoms with van der Waals surface area (Å²) in [7, 11) is 0. The molecule has 0 bridgehead atoms. The molecule has 7 nitrogen and oxygen atoms in total. The molecule has 5 N–H and O–H groups in total. The molecule has 0 aromatic carbocycles. The predicted octanol–water partition coefficient (Wildman–Crippen LogP) is 0.865. The molecule has 0 aliphatic carbocycles. The van der Waals surface area contributed by atoms with E-state index in [9.17, 15) is 4.79 Å². The van der Waals surface area contributed by atoms with Gasteiger partial charge in [0.2, 0.25) is 0 Å². The van der Waals surface area contributed by atoms with Crippen molar-refractivity contribution in [3.8, 4) is 0 Å². The molecule has 0 spiro atoms. The van der Waals surface area contributed by atoms with Gasteiger partial charge in [-0.3, -0.25) is 14.5 Å². The van der Waals surface area contributed by atoms with Crippen molar-refractivity contribution in [1.29, 1.82) is 0 Å². The van der Waals surface area contributed by atoms with Gasteiger partial charge < -0.3 is 16.8 Å². The molecule has 0 saturated heterocycles. The van der Waals surface area contributed by atoms with Crippen LogP contribution in [0.4, 0.5) is 0 Å². The summed E-state index contributed by atoms with van der Waals surface area (Å²) in [5.41, 5.74) is 12.6. The molecule has 8 heteroatoms. The molecule has 1 aromatic heterocycles. The summed E-state index contributed by atoms with van der Waals surface area (Å²) in [5.74, 6) is 0.388. The number of nitrogens with zero attached hydrogens (tertiary/aromatic N) is 3. The van der Waals surface area contributed by atoms with E-state index in [4.69, 9.17) is 11.5 Å². The van der Waals surface area contributed by atoms with Crippen LogP contribution in [0.15, 0.2) is 11.2 Å². The van der Waals surface area contributed by atoms with Crippen LogP contribution in [0.25, 0.3) is 0 Å². The molecule has 2 rings (SSSR count). The average Bonchev–Trinajstić information content (AvgIpc) is 2.77. The van der Waals surface area contributed by atoms with Crippen LogP contribution in [0.2, 0.25) is 0 Å². The van der Waals surface area contributed by atoms with Crippen molar-refractivity contribution in [3.05, 3.63) is 17.5 Å². The monoisotopic (exact) mass is 420 g/mol. The average molecular weight is 420 g/mol. The summed E-state index contributed by atoms with van der Waals surface area (Å²) in [6.45, 7) is 7.53. The predicted molar refractivity (Wildman–Crippen MR) is 97.3 cm³/mol. The summed E-state index contributed by atoms with van der Waals surface area (Å²) < 4.78 is 1.86. The van der Waals surface area contributed by atoms with Crippen molar-refractivity contribution in [1.82, 2.24) is 15.1 Å². The third-order valence-corrected chi connectivity index (χ3v) is 3.47. The van der Waals surface area contributed by atoms with Crippen LogP contribution in [0.1, 0.15) is 43.2 Å². The van der Waals surface area contributed by atoms with Crippen LogP contribution in [0, 0.1) is 5.92 Å². The maximum Gasteiger partial charge on any atom is 0.252 e. The molecule has 0 fully saturated rings. The van der Waals surface area contributed by atoms with Gasteiger partial charge in [0.15, 0.2) is 5.96 Å². The number of hydrogen-bond donors (Lipinski definition) is 3. The first-order valence-electron chi connectivity index (χ1n) is 7.19. The van der Waals surface area contributed by atoms with E-state index >= 15 is 0 Å². The standard InChI is InChI=1S/C14H24N6O.HI/c1-14(2,3)19-13(16)17-7-9-4-5-20-11(6-9)10(8-18-20)12(15)21;/h8-9H,4-7H2,1-3H3,(H2,15,21)(H3,16,17,19);1H. The Hall–Kier alpha value is -1.32. The zero-order chi connectivity index (χ0) is 15.6. The molecule has 1 amide bonds. The third-order valence-electron chi connectivity index (χ3n) is 3.47. The Morgan fingerprint density at radius 2 is 2.18 bits per heavy atom. The van der Waals surface area contributed by atoms with Gasteiger partial charge in [-0.1, -0.05) is 0 Å². The number of hydrogen-bond acceptors (Lipinski definition) is 3. The first kappa shape index (κ1) is 18.7. The molecular weight excluding hydrogens is 395 g/mol. The van der Waals surface area contributed by atoms with Crippen molar-refractivity contribution >= 4 is 35.8 Å². The van der Waals surface area contributed by atoms with E-state index in [-0.39, 0.29) is 29.5 Å². The van der Waals surface area contributed by atoms with Crippen LogP contribution in [0.5, 0.6) is 0 Å². The van der Waals surface area contributed by atoms with Crippen LogP contribution in [-0.4, -0.2) is 33.7 Å².